The van der Waals surface area contributed by atoms with Crippen molar-refractivity contribution in [3.63, 3.8) is 0 Å². The molecule has 1 aliphatic carbocycles. The highest BCUT2D eigenvalue weighted by Gasteiger charge is 2.41. The van der Waals surface area contributed by atoms with E-state index in [-0.39, 0.29) is 18.4 Å². The van der Waals surface area contributed by atoms with Crippen LogP contribution in [-0.2, 0) is 13.1 Å². The minimum Gasteiger partial charge on any atom is -0.309 e. The van der Waals surface area contributed by atoms with Gasteiger partial charge >= 0.3 is 6.18 Å². The number of hydrogen-bond donors (Lipinski definition) is 0. The van der Waals surface area contributed by atoms with Crippen LogP contribution in [0.1, 0.15) is 48.4 Å². The molecule has 6 nitrogen and oxygen atoms in total. The van der Waals surface area contributed by atoms with E-state index in [1.54, 1.807) is 10.8 Å². The molecule has 1 aliphatic heterocycles. The zero-order chi connectivity index (χ0) is 24.2. The summed E-state index contributed by atoms with van der Waals surface area (Å²) in [5.74, 6) is -0.669. The number of hydrogen-bond acceptors (Lipinski definition) is 4. The van der Waals surface area contributed by atoms with Crippen LogP contribution in [0.5, 0.6) is 0 Å². The first-order chi connectivity index (χ1) is 16.8. The minimum absolute atomic E-state index is 0.0718. The van der Waals surface area contributed by atoms with Crippen molar-refractivity contribution in [3.8, 4) is 0 Å². The maximum absolute atomic E-state index is 13.1. The molecule has 4 aromatic heterocycles. The van der Waals surface area contributed by atoms with Crippen LogP contribution in [0.3, 0.4) is 0 Å². The summed E-state index contributed by atoms with van der Waals surface area (Å²) in [5.41, 5.74) is 3.65. The Kier molecular flexibility index (Phi) is 5.40. The number of halogens is 3. The van der Waals surface area contributed by atoms with E-state index in [9.17, 15) is 18.0 Å². The Morgan fingerprint density at radius 2 is 1.74 bits per heavy atom. The van der Waals surface area contributed by atoms with Crippen molar-refractivity contribution in [2.75, 3.05) is 13.1 Å². The maximum Gasteiger partial charge on any atom is 0.391 e. The monoisotopic (exact) mass is 481 g/mol. The molecule has 0 spiro atoms. The number of nitrogens with zero attached hydrogens (tertiary/aromatic N) is 5. The van der Waals surface area contributed by atoms with Crippen LogP contribution in [0, 0.1) is 5.92 Å². The zero-order valence-electron chi connectivity index (χ0n) is 19.2. The van der Waals surface area contributed by atoms with Gasteiger partial charge in [-0.15, -0.1) is 0 Å². The Hall–Kier alpha value is -3.20. The van der Waals surface area contributed by atoms with Crippen molar-refractivity contribution in [2.45, 2.75) is 50.9 Å². The molecule has 0 bridgehead atoms. The van der Waals surface area contributed by atoms with E-state index in [0.717, 1.165) is 40.7 Å². The standard InChI is InChI=1S/C26H26F3N5O/c27-26(28,29)19-5-8-32(9-6-19)13-17-1-4-24-31-20(16-34(24)14-17)15-33-10-7-21-22(18-2-3-18)11-30-12-23(21)25(33)35/h1,4,7,10-12,14,16,18-19H,2-3,5-6,8-9,13,15H2. The van der Waals surface area contributed by atoms with Gasteiger partial charge in [0, 0.05) is 37.5 Å². The van der Waals surface area contributed by atoms with Crippen molar-refractivity contribution >= 4 is 16.4 Å². The number of likely N-dealkylation sites (tertiary alicyclic amines) is 1. The molecular formula is C26H26F3N5O. The number of alkyl halides is 3. The van der Waals surface area contributed by atoms with Crippen molar-refractivity contribution < 1.29 is 13.2 Å². The fraction of sp³-hybridized carbons (Fsp3) is 0.423. The summed E-state index contributed by atoms with van der Waals surface area (Å²) in [6.45, 7) is 1.85. The number of rotatable bonds is 5. The molecule has 0 N–H and O–H groups in total. The number of piperidine rings is 1. The summed E-state index contributed by atoms with van der Waals surface area (Å²) in [6, 6.07) is 5.88. The Morgan fingerprint density at radius 1 is 0.943 bits per heavy atom. The van der Waals surface area contributed by atoms with Crippen LogP contribution in [0.25, 0.3) is 16.4 Å². The van der Waals surface area contributed by atoms with Gasteiger partial charge in [0.15, 0.2) is 0 Å². The molecule has 0 radical (unpaired) electrons. The quantitative estimate of drug-likeness (QED) is 0.413. The van der Waals surface area contributed by atoms with Gasteiger partial charge in [0.2, 0.25) is 0 Å². The van der Waals surface area contributed by atoms with Crippen LogP contribution in [0.4, 0.5) is 13.2 Å². The molecule has 6 rings (SSSR count). The fourth-order valence-electron chi connectivity index (χ4n) is 5.19. The van der Waals surface area contributed by atoms with Crippen molar-refractivity contribution in [2.24, 2.45) is 5.92 Å². The van der Waals surface area contributed by atoms with Crippen LogP contribution in [-0.4, -0.2) is 43.1 Å². The van der Waals surface area contributed by atoms with Crippen molar-refractivity contribution in [1.82, 2.24) is 23.8 Å². The Bertz CT molecular complexity index is 1450. The van der Waals surface area contributed by atoms with Gasteiger partial charge in [0.25, 0.3) is 5.56 Å². The highest BCUT2D eigenvalue weighted by Crippen LogP contribution is 2.42. The third kappa shape index (κ3) is 4.45. The fourth-order valence-corrected chi connectivity index (χ4v) is 5.19. The summed E-state index contributed by atoms with van der Waals surface area (Å²) in [6.07, 6.45) is 7.74. The lowest BCUT2D eigenvalue weighted by Gasteiger charge is -2.32. The molecule has 4 aromatic rings. The second kappa shape index (κ2) is 8.48. The van der Waals surface area contributed by atoms with Crippen molar-refractivity contribution in [1.29, 1.82) is 0 Å². The molecule has 5 heterocycles. The molecule has 9 heteroatoms. The molecular weight excluding hydrogens is 455 g/mol. The van der Waals surface area contributed by atoms with E-state index < -0.39 is 12.1 Å². The topological polar surface area (TPSA) is 55.4 Å². The average Bonchev–Trinajstić information content (AvgIpc) is 3.60. The van der Waals surface area contributed by atoms with Crippen LogP contribution < -0.4 is 5.56 Å². The van der Waals surface area contributed by atoms with E-state index in [2.05, 4.69) is 14.9 Å². The van der Waals surface area contributed by atoms with Gasteiger partial charge in [-0.05, 0) is 73.3 Å². The van der Waals surface area contributed by atoms with E-state index in [1.807, 2.05) is 47.4 Å². The van der Waals surface area contributed by atoms with Gasteiger partial charge in [0.05, 0.1) is 23.5 Å². The predicted octanol–water partition coefficient (Wildman–Crippen LogP) is 4.74. The van der Waals surface area contributed by atoms with E-state index in [1.165, 1.54) is 0 Å². The molecule has 0 amide bonds. The van der Waals surface area contributed by atoms with Crippen LogP contribution in [0.2, 0.25) is 0 Å². The minimum atomic E-state index is -4.10. The molecule has 2 aliphatic rings. The Morgan fingerprint density at radius 3 is 2.49 bits per heavy atom. The maximum atomic E-state index is 13.1. The first-order valence-electron chi connectivity index (χ1n) is 12.1. The number of pyridine rings is 3. The average molecular weight is 482 g/mol. The number of fused-ring (bicyclic) bond motifs is 2. The Balaban J connectivity index is 1.19. The van der Waals surface area contributed by atoms with Gasteiger partial charge in [0.1, 0.15) is 5.65 Å². The smallest absolute Gasteiger partial charge is 0.309 e. The largest absolute Gasteiger partial charge is 0.391 e. The number of imidazole rings is 1. The lowest BCUT2D eigenvalue weighted by Crippen LogP contribution is -2.38. The normalized spacial score (nSPS) is 18.0. The zero-order valence-corrected chi connectivity index (χ0v) is 19.2. The summed E-state index contributed by atoms with van der Waals surface area (Å²) in [4.78, 5) is 24.1. The van der Waals surface area contributed by atoms with Gasteiger partial charge in [-0.2, -0.15) is 13.2 Å². The first kappa shape index (κ1) is 22.3. The molecule has 2 fully saturated rings. The van der Waals surface area contributed by atoms with E-state index in [4.69, 9.17) is 0 Å². The SMILES string of the molecule is O=c1c2cncc(C3CC3)c2ccn1Cc1cn2cc(CN3CCC(C(F)(F)F)CC3)ccc2n1. The molecule has 0 atom stereocenters. The van der Waals surface area contributed by atoms with Crippen LogP contribution >= 0.6 is 0 Å². The van der Waals surface area contributed by atoms with Gasteiger partial charge in [-0.25, -0.2) is 4.98 Å². The van der Waals surface area contributed by atoms with Crippen LogP contribution in [0.15, 0.2) is 54.0 Å². The predicted molar refractivity (Wildman–Crippen MR) is 126 cm³/mol. The van der Waals surface area contributed by atoms with Crippen molar-refractivity contribution in [3.05, 3.63) is 76.4 Å². The third-order valence-electron chi connectivity index (χ3n) is 7.30. The summed E-state index contributed by atoms with van der Waals surface area (Å²) < 4.78 is 42.4. The second-order valence-electron chi connectivity index (χ2n) is 9.84. The second-order valence-corrected chi connectivity index (χ2v) is 9.84. The molecule has 0 aromatic carbocycles. The highest BCUT2D eigenvalue weighted by molar-refractivity contribution is 5.84. The van der Waals surface area contributed by atoms with E-state index in [0.29, 0.717) is 37.5 Å². The molecule has 0 unspecified atom stereocenters. The van der Waals surface area contributed by atoms with Gasteiger partial charge in [-0.3, -0.25) is 14.7 Å². The molecule has 35 heavy (non-hydrogen) atoms. The summed E-state index contributed by atoms with van der Waals surface area (Å²) in [7, 11) is 0. The lowest BCUT2D eigenvalue weighted by atomic mass is 9.96. The molecule has 1 saturated carbocycles. The molecule has 182 valence electrons. The highest BCUT2D eigenvalue weighted by atomic mass is 19.4. The molecule has 1 saturated heterocycles. The summed E-state index contributed by atoms with van der Waals surface area (Å²) in [5, 5.41) is 1.62. The summed E-state index contributed by atoms with van der Waals surface area (Å²) >= 11 is 0. The van der Waals surface area contributed by atoms with E-state index >= 15 is 0 Å². The van der Waals surface area contributed by atoms with Gasteiger partial charge in [-0.1, -0.05) is 6.07 Å². The lowest BCUT2D eigenvalue weighted by molar-refractivity contribution is -0.185. The Labute approximate surface area is 200 Å². The first-order valence-corrected chi connectivity index (χ1v) is 12.1. The third-order valence-corrected chi connectivity index (χ3v) is 7.30. The number of aromatic nitrogens is 4. The van der Waals surface area contributed by atoms with Gasteiger partial charge < -0.3 is 8.97 Å².